The lowest BCUT2D eigenvalue weighted by molar-refractivity contribution is -0.190. The second-order valence-corrected chi connectivity index (χ2v) is 15.0. The van der Waals surface area contributed by atoms with Crippen LogP contribution in [0.25, 0.3) is 0 Å². The molecule has 1 saturated heterocycles. The van der Waals surface area contributed by atoms with Gasteiger partial charge in [0.2, 0.25) is 0 Å². The molecule has 0 radical (unpaired) electrons. The Hall–Kier alpha value is 0.317. The molecule has 1 N–H and O–H groups in total. The molecule has 0 aromatic carbocycles. The molecular weight excluding hydrogens is 360 g/mol. The maximum Gasteiger partial charge on any atom is 0.192 e. The average molecular weight is 389 g/mol. The van der Waals surface area contributed by atoms with Crippen molar-refractivity contribution in [2.45, 2.75) is 80.3 Å². The molecule has 5 heteroatoms. The molecule has 5 unspecified atom stereocenters. The van der Waals surface area contributed by atoms with Crippen molar-refractivity contribution in [1.82, 2.24) is 0 Å². The van der Waals surface area contributed by atoms with Crippen LogP contribution in [-0.4, -0.2) is 42.2 Å². The number of fused-ring (bicyclic) bond motifs is 6. The number of hydrogen-bond acceptors (Lipinski definition) is 3. The first-order valence-electron chi connectivity index (χ1n) is 8.41. The van der Waals surface area contributed by atoms with Crippen molar-refractivity contribution in [3.05, 3.63) is 12.2 Å². The lowest BCUT2D eigenvalue weighted by atomic mass is 9.68. The molecule has 2 fully saturated rings. The minimum atomic E-state index is -1.85. The van der Waals surface area contributed by atoms with Crippen LogP contribution in [0.1, 0.15) is 40.0 Å². The zero-order chi connectivity index (χ0) is 16.4. The van der Waals surface area contributed by atoms with Crippen LogP contribution < -0.4 is 0 Å². The number of aliphatic hydroxyl groups excluding tert-OH is 1. The summed E-state index contributed by atoms with van der Waals surface area (Å²) in [4.78, 5) is 0. The maximum absolute atomic E-state index is 10.9. The Labute approximate surface area is 143 Å². The molecule has 3 aliphatic rings. The predicted octanol–water partition coefficient (Wildman–Crippen LogP) is 4.01. The molecule has 2 aliphatic heterocycles. The van der Waals surface area contributed by atoms with Crippen LogP contribution in [0.5, 0.6) is 0 Å². The van der Waals surface area contributed by atoms with Gasteiger partial charge < -0.3 is 14.3 Å². The molecule has 3 rings (SSSR count). The van der Waals surface area contributed by atoms with Gasteiger partial charge in [-0.05, 0) is 31.0 Å². The summed E-state index contributed by atoms with van der Waals surface area (Å²) >= 11 is 3.89. The Kier molecular flexibility index (Phi) is 4.02. The Morgan fingerprint density at radius 3 is 2.73 bits per heavy atom. The molecule has 1 aliphatic carbocycles. The summed E-state index contributed by atoms with van der Waals surface area (Å²) < 4.78 is 12.5. The third-order valence-electron chi connectivity index (χ3n) is 6.43. The van der Waals surface area contributed by atoms with E-state index in [1.54, 1.807) is 0 Å². The van der Waals surface area contributed by atoms with Gasteiger partial charge in [0.1, 0.15) is 5.60 Å². The summed E-state index contributed by atoms with van der Waals surface area (Å²) in [5.74, 6) is 0.216. The van der Waals surface area contributed by atoms with Gasteiger partial charge in [0.25, 0.3) is 0 Å². The Bertz CT molecular complexity index is 487. The highest BCUT2D eigenvalue weighted by Crippen LogP contribution is 2.57. The van der Waals surface area contributed by atoms with Gasteiger partial charge in [-0.3, -0.25) is 0 Å². The van der Waals surface area contributed by atoms with Crippen LogP contribution >= 0.6 is 15.9 Å². The number of alkyl halides is 1. The van der Waals surface area contributed by atoms with Gasteiger partial charge in [-0.15, -0.1) is 0 Å². The molecule has 2 heterocycles. The van der Waals surface area contributed by atoms with E-state index in [1.165, 1.54) is 0 Å². The fourth-order valence-corrected chi connectivity index (χ4v) is 5.76. The molecule has 3 nitrogen and oxygen atoms in total. The second kappa shape index (κ2) is 5.15. The largest absolute Gasteiger partial charge is 0.413 e. The van der Waals surface area contributed by atoms with E-state index < -0.39 is 18.2 Å². The van der Waals surface area contributed by atoms with Crippen LogP contribution in [0, 0.1) is 5.92 Å². The topological polar surface area (TPSA) is 38.7 Å². The number of aliphatic hydroxyl groups is 1. The summed E-state index contributed by atoms with van der Waals surface area (Å²) in [5.41, 5.74) is -0.524. The van der Waals surface area contributed by atoms with Crippen molar-refractivity contribution in [3.63, 3.8) is 0 Å². The van der Waals surface area contributed by atoms with Crippen molar-refractivity contribution in [1.29, 1.82) is 0 Å². The molecule has 0 aromatic rings. The summed E-state index contributed by atoms with van der Waals surface area (Å²) in [6, 6.07) is 0. The van der Waals surface area contributed by atoms with Gasteiger partial charge in [0.15, 0.2) is 8.32 Å². The highest BCUT2D eigenvalue weighted by molar-refractivity contribution is 9.10. The average Bonchev–Trinajstić information content (AvgIpc) is 2.82. The zero-order valence-corrected chi connectivity index (χ0v) is 16.9. The SMILES string of the molecule is CC(C)(C)[Si](C)(C)OCC12C=CC(O1)C1CCCC2(Br)C1O. The summed E-state index contributed by atoms with van der Waals surface area (Å²) in [6.07, 6.45) is 7.11. The van der Waals surface area contributed by atoms with E-state index in [2.05, 4.69) is 61.9 Å². The van der Waals surface area contributed by atoms with Crippen LogP contribution in [0.15, 0.2) is 12.2 Å². The molecule has 4 bridgehead atoms. The van der Waals surface area contributed by atoms with E-state index in [-0.39, 0.29) is 23.2 Å². The highest BCUT2D eigenvalue weighted by atomic mass is 79.9. The minimum Gasteiger partial charge on any atom is -0.413 e. The normalized spacial score (nSPS) is 44.4. The standard InChI is InChI=1S/C17H29BrO3Si/c1-15(2,3)22(4,5)20-11-16-10-8-13(21-16)12-7-6-9-17(16,18)14(12)19/h8,10,12-14,19H,6-7,9,11H2,1-5H3. The van der Waals surface area contributed by atoms with Gasteiger partial charge in [0.05, 0.1) is 23.1 Å². The first-order chi connectivity index (χ1) is 10.0. The molecule has 1 saturated carbocycles. The second-order valence-electron chi connectivity index (χ2n) is 8.74. The van der Waals surface area contributed by atoms with E-state index in [0.29, 0.717) is 6.61 Å². The molecule has 0 aromatic heterocycles. The summed E-state index contributed by atoms with van der Waals surface area (Å²) in [5, 5.41) is 11.0. The van der Waals surface area contributed by atoms with Gasteiger partial charge in [-0.2, -0.15) is 0 Å². The van der Waals surface area contributed by atoms with Crippen molar-refractivity contribution in [2.24, 2.45) is 5.92 Å². The smallest absolute Gasteiger partial charge is 0.192 e. The van der Waals surface area contributed by atoms with E-state index >= 15 is 0 Å². The van der Waals surface area contributed by atoms with Gasteiger partial charge in [0, 0.05) is 5.92 Å². The third kappa shape index (κ3) is 2.31. The van der Waals surface area contributed by atoms with Crippen molar-refractivity contribution in [2.75, 3.05) is 6.61 Å². The fraction of sp³-hybridized carbons (Fsp3) is 0.882. The molecule has 126 valence electrons. The van der Waals surface area contributed by atoms with Crippen molar-refractivity contribution < 1.29 is 14.3 Å². The first-order valence-corrected chi connectivity index (χ1v) is 12.1. The van der Waals surface area contributed by atoms with E-state index in [0.717, 1.165) is 19.3 Å². The fourth-order valence-electron chi connectivity index (χ4n) is 3.79. The highest BCUT2D eigenvalue weighted by Gasteiger charge is 2.65. The van der Waals surface area contributed by atoms with E-state index in [1.807, 2.05) is 0 Å². The summed E-state index contributed by atoms with van der Waals surface area (Å²) in [6.45, 7) is 11.8. The van der Waals surface area contributed by atoms with E-state index in [9.17, 15) is 5.11 Å². The predicted molar refractivity (Wildman–Crippen MR) is 94.9 cm³/mol. The lowest BCUT2D eigenvalue weighted by Crippen LogP contribution is -2.68. The Morgan fingerprint density at radius 1 is 1.41 bits per heavy atom. The molecule has 5 atom stereocenters. The van der Waals surface area contributed by atoms with Gasteiger partial charge in [-0.1, -0.05) is 55.3 Å². The van der Waals surface area contributed by atoms with Crippen LogP contribution in [0.3, 0.4) is 0 Å². The maximum atomic E-state index is 10.9. The first kappa shape index (κ1) is 17.2. The van der Waals surface area contributed by atoms with Crippen molar-refractivity contribution in [3.8, 4) is 0 Å². The third-order valence-corrected chi connectivity index (χ3v) is 12.4. The molecular formula is C17H29BrO3Si. The van der Waals surface area contributed by atoms with Crippen LogP contribution in [0.4, 0.5) is 0 Å². The number of rotatable bonds is 3. The Balaban J connectivity index is 1.85. The zero-order valence-electron chi connectivity index (χ0n) is 14.4. The van der Waals surface area contributed by atoms with Crippen LogP contribution in [0.2, 0.25) is 18.1 Å². The van der Waals surface area contributed by atoms with Crippen molar-refractivity contribution >= 4 is 24.2 Å². The molecule has 0 amide bonds. The molecule has 0 spiro atoms. The number of halogens is 1. The summed E-state index contributed by atoms with van der Waals surface area (Å²) in [7, 11) is -1.85. The minimum absolute atomic E-state index is 0.0454. The quantitative estimate of drug-likeness (QED) is 0.450. The van der Waals surface area contributed by atoms with Gasteiger partial charge in [-0.25, -0.2) is 0 Å². The van der Waals surface area contributed by atoms with Crippen LogP contribution in [-0.2, 0) is 9.16 Å². The lowest BCUT2D eigenvalue weighted by Gasteiger charge is -2.56. The van der Waals surface area contributed by atoms with E-state index in [4.69, 9.17) is 9.16 Å². The monoisotopic (exact) mass is 388 g/mol. The number of hydrogen-bond donors (Lipinski definition) is 1. The van der Waals surface area contributed by atoms with Gasteiger partial charge >= 0.3 is 0 Å². The Morgan fingerprint density at radius 2 is 2.09 bits per heavy atom. The number of ether oxygens (including phenoxy) is 1. The molecule has 22 heavy (non-hydrogen) atoms.